The van der Waals surface area contributed by atoms with Gasteiger partial charge in [-0.1, -0.05) is 30.3 Å². The Morgan fingerprint density at radius 3 is 2.60 bits per heavy atom. The van der Waals surface area contributed by atoms with Crippen LogP contribution in [0.4, 0.5) is 0 Å². The van der Waals surface area contributed by atoms with Crippen LogP contribution in [0.3, 0.4) is 0 Å². The molecule has 4 nitrogen and oxygen atoms in total. The van der Waals surface area contributed by atoms with Gasteiger partial charge in [-0.3, -0.25) is 4.52 Å². The van der Waals surface area contributed by atoms with E-state index < -0.39 is 6.87 Å². The molecule has 0 radical (unpaired) electrons. The van der Waals surface area contributed by atoms with Crippen molar-refractivity contribution in [3.63, 3.8) is 0 Å². The van der Waals surface area contributed by atoms with Crippen LogP contribution in [0.2, 0.25) is 0 Å². The third-order valence-corrected chi connectivity index (χ3v) is 2.80. The maximum atomic E-state index is 11.2. The van der Waals surface area contributed by atoms with Crippen LogP contribution in [0.15, 0.2) is 30.3 Å². The quantitative estimate of drug-likeness (QED) is 0.386. The first-order chi connectivity index (χ1) is 6.64. The first-order valence-corrected chi connectivity index (χ1v) is 6.31. The van der Waals surface area contributed by atoms with Gasteiger partial charge in [0, 0.05) is 0 Å². The topological polar surface area (TPSA) is 62.1 Å². The first kappa shape index (κ1) is 15.0. The number of hydrogen-bond donors (Lipinski definition) is 1. The third-order valence-electron chi connectivity index (χ3n) is 1.42. The normalized spacial score (nSPS) is 13.1. The zero-order chi connectivity index (χ0) is 10.4. The Labute approximate surface area is 115 Å². The average molecular weight is 255 g/mol. The van der Waals surface area contributed by atoms with Gasteiger partial charge in [-0.2, -0.15) is 5.26 Å². The molecule has 15 heavy (non-hydrogen) atoms. The molecule has 1 unspecified atom stereocenters. The second kappa shape index (κ2) is 7.29. The molecule has 1 N–H and O–H groups in total. The van der Waals surface area contributed by atoms with Gasteiger partial charge >= 0.3 is 36.4 Å². The van der Waals surface area contributed by atoms with Crippen molar-refractivity contribution in [1.29, 1.82) is 5.26 Å². The Bertz CT molecular complexity index is 382. The fraction of sp³-hybridized carbons (Fsp3) is 0.125. The summed E-state index contributed by atoms with van der Waals surface area (Å²) in [5, 5.41) is 10.1. The standard InChI is InChI=1S/C8H8ClN2O2P.Na.H/c9-14(12,11-7-10)13-6-8-4-2-1-3-5-8;;/h1-5H,6H2,(H,11,12);;. The molecule has 0 heterocycles. The summed E-state index contributed by atoms with van der Waals surface area (Å²) >= 11 is 5.39. The summed E-state index contributed by atoms with van der Waals surface area (Å²) in [6.07, 6.45) is 1.47. The number of nitrogens with zero attached hydrogens (tertiary/aromatic N) is 1. The summed E-state index contributed by atoms with van der Waals surface area (Å²) in [7, 11) is 0. The Morgan fingerprint density at radius 1 is 1.47 bits per heavy atom. The van der Waals surface area contributed by atoms with Gasteiger partial charge in [-0.25, -0.2) is 9.65 Å². The molecule has 0 spiro atoms. The van der Waals surface area contributed by atoms with Gasteiger partial charge in [0.15, 0.2) is 6.19 Å². The molecular formula is C8H9ClN2NaO2P. The van der Waals surface area contributed by atoms with Crippen LogP contribution < -0.4 is 5.09 Å². The molecule has 0 aliphatic carbocycles. The fourth-order valence-corrected chi connectivity index (χ4v) is 1.58. The van der Waals surface area contributed by atoms with Crippen molar-refractivity contribution in [2.24, 2.45) is 0 Å². The van der Waals surface area contributed by atoms with E-state index in [2.05, 4.69) is 0 Å². The van der Waals surface area contributed by atoms with Crippen molar-refractivity contribution in [3.05, 3.63) is 35.9 Å². The molecule has 0 bridgehead atoms. The van der Waals surface area contributed by atoms with Gasteiger partial charge in [-0.05, 0) is 16.8 Å². The van der Waals surface area contributed by atoms with E-state index in [0.29, 0.717) is 0 Å². The molecule has 0 saturated carbocycles. The average Bonchev–Trinajstić information content (AvgIpc) is 2.17. The van der Waals surface area contributed by atoms with Crippen molar-refractivity contribution in [1.82, 2.24) is 5.09 Å². The molecule has 0 aromatic heterocycles. The molecular weight excluding hydrogens is 246 g/mol. The molecule has 1 aromatic rings. The van der Waals surface area contributed by atoms with E-state index in [1.165, 1.54) is 6.19 Å². The van der Waals surface area contributed by atoms with E-state index in [1.807, 2.05) is 35.4 Å². The van der Waals surface area contributed by atoms with Gasteiger partial charge in [0.25, 0.3) is 0 Å². The van der Waals surface area contributed by atoms with Crippen LogP contribution in [0.25, 0.3) is 0 Å². The van der Waals surface area contributed by atoms with E-state index >= 15 is 0 Å². The molecule has 7 heteroatoms. The Hall–Kier alpha value is -0.0100. The Kier molecular flexibility index (Phi) is 7.29. The number of hydrogen-bond acceptors (Lipinski definition) is 3. The minimum absolute atomic E-state index is 0. The number of nitrogens with one attached hydrogen (secondary N) is 1. The van der Waals surface area contributed by atoms with Crippen LogP contribution in [-0.2, 0) is 15.7 Å². The molecule has 0 aliphatic heterocycles. The van der Waals surface area contributed by atoms with Crippen molar-refractivity contribution in [2.45, 2.75) is 6.61 Å². The molecule has 1 rings (SSSR count). The Morgan fingerprint density at radius 2 is 2.07 bits per heavy atom. The van der Waals surface area contributed by atoms with Crippen LogP contribution in [0, 0.1) is 11.5 Å². The van der Waals surface area contributed by atoms with Gasteiger partial charge in [-0.15, -0.1) is 0 Å². The Balaban J connectivity index is 0.00000196. The SMILES string of the molecule is N#CNP(=O)(Cl)OCc1ccccc1.[NaH]. The predicted octanol–water partition coefficient (Wildman–Crippen LogP) is 1.97. The monoisotopic (exact) mass is 254 g/mol. The molecule has 0 amide bonds. The molecule has 0 fully saturated rings. The zero-order valence-corrected chi connectivity index (χ0v) is 8.83. The van der Waals surface area contributed by atoms with Gasteiger partial charge < -0.3 is 0 Å². The van der Waals surface area contributed by atoms with E-state index in [0.717, 1.165) is 5.56 Å². The summed E-state index contributed by atoms with van der Waals surface area (Å²) < 4.78 is 16.0. The van der Waals surface area contributed by atoms with Crippen LogP contribution in [-0.4, -0.2) is 29.6 Å². The van der Waals surface area contributed by atoms with Crippen LogP contribution in [0.1, 0.15) is 5.56 Å². The second-order valence-corrected chi connectivity index (χ2v) is 5.24. The van der Waals surface area contributed by atoms with E-state index in [9.17, 15) is 4.57 Å². The van der Waals surface area contributed by atoms with Gasteiger partial charge in [0.05, 0.1) is 6.61 Å². The van der Waals surface area contributed by atoms with E-state index in [4.69, 9.17) is 21.0 Å². The van der Waals surface area contributed by atoms with Crippen molar-refractivity contribution < 1.29 is 9.09 Å². The van der Waals surface area contributed by atoms with Crippen LogP contribution >= 0.6 is 18.1 Å². The summed E-state index contributed by atoms with van der Waals surface area (Å²) in [5.41, 5.74) is 0.841. The molecule has 76 valence electrons. The fourth-order valence-electron chi connectivity index (χ4n) is 0.824. The van der Waals surface area contributed by atoms with E-state index in [-0.39, 0.29) is 36.2 Å². The molecule has 1 atom stereocenters. The summed E-state index contributed by atoms with van der Waals surface area (Å²) in [6.45, 7) is -3.39. The number of nitriles is 1. The molecule has 0 aliphatic rings. The summed E-state index contributed by atoms with van der Waals surface area (Å²) in [5.74, 6) is 0. The number of halogens is 1. The van der Waals surface area contributed by atoms with Gasteiger partial charge in [0.1, 0.15) is 0 Å². The van der Waals surface area contributed by atoms with Gasteiger partial charge in [0.2, 0.25) is 0 Å². The van der Waals surface area contributed by atoms with Crippen molar-refractivity contribution in [3.8, 4) is 6.19 Å². The number of benzene rings is 1. The minimum atomic E-state index is -3.50. The summed E-state index contributed by atoms with van der Waals surface area (Å²) in [6, 6.07) is 9.13. The second-order valence-electron chi connectivity index (χ2n) is 2.46. The van der Waals surface area contributed by atoms with Crippen molar-refractivity contribution >= 4 is 47.7 Å². The third kappa shape index (κ3) is 6.21. The molecule has 0 saturated heterocycles. The molecule has 1 aromatic carbocycles. The van der Waals surface area contributed by atoms with Crippen molar-refractivity contribution in [2.75, 3.05) is 0 Å². The first-order valence-electron chi connectivity index (χ1n) is 3.78. The van der Waals surface area contributed by atoms with Crippen LogP contribution in [0.5, 0.6) is 0 Å². The predicted molar refractivity (Wildman–Crippen MR) is 60.6 cm³/mol. The zero-order valence-electron chi connectivity index (χ0n) is 7.18. The number of rotatable bonds is 4. The summed E-state index contributed by atoms with van der Waals surface area (Å²) in [4.78, 5) is 0. The van der Waals surface area contributed by atoms with E-state index in [1.54, 1.807) is 0 Å². The maximum absolute atomic E-state index is 11.2.